The molecule has 2 N–H and O–H groups in total. The summed E-state index contributed by atoms with van der Waals surface area (Å²) in [7, 11) is 0. The van der Waals surface area contributed by atoms with Crippen LogP contribution in [0, 0.1) is 5.82 Å². The number of rotatable bonds is 5. The summed E-state index contributed by atoms with van der Waals surface area (Å²) in [5.74, 6) is 0.207. The molecule has 1 saturated heterocycles. The largest absolute Gasteiger partial charge is 0.353 e. The third-order valence-electron chi connectivity index (χ3n) is 4.11. The van der Waals surface area contributed by atoms with Gasteiger partial charge in [0.1, 0.15) is 0 Å². The van der Waals surface area contributed by atoms with Crippen LogP contribution in [-0.2, 0) is 0 Å². The minimum absolute atomic E-state index is 0.258. The molecule has 4 nitrogen and oxygen atoms in total. The summed E-state index contributed by atoms with van der Waals surface area (Å²) in [4.78, 5) is 8.78. The Morgan fingerprint density at radius 3 is 2.86 bits per heavy atom. The molecule has 1 unspecified atom stereocenters. The number of halogens is 2. The van der Waals surface area contributed by atoms with E-state index in [9.17, 15) is 4.39 Å². The lowest BCUT2D eigenvalue weighted by molar-refractivity contribution is 0.196. The van der Waals surface area contributed by atoms with Crippen LogP contribution >= 0.6 is 15.9 Å². The lowest BCUT2D eigenvalue weighted by atomic mass is 10.1. The van der Waals surface area contributed by atoms with Gasteiger partial charge in [-0.15, -0.1) is 0 Å². The number of pyridine rings is 1. The maximum atomic E-state index is 14.0. The van der Waals surface area contributed by atoms with Gasteiger partial charge in [-0.05, 0) is 47.8 Å². The number of nitrogens with zero attached hydrogens (tertiary/aromatic N) is 3. The fraction of sp³-hybridized carbons (Fsp3) is 0.667. The molecule has 0 saturated carbocycles. The minimum atomic E-state index is -0.258. The second-order valence-corrected chi connectivity index (χ2v) is 6.39. The molecule has 1 aromatic rings. The van der Waals surface area contributed by atoms with Crippen LogP contribution in [-0.4, -0.2) is 48.6 Å². The van der Waals surface area contributed by atoms with Crippen LogP contribution in [0.5, 0.6) is 0 Å². The highest BCUT2D eigenvalue weighted by atomic mass is 79.9. The fourth-order valence-electron chi connectivity index (χ4n) is 2.99. The van der Waals surface area contributed by atoms with Crippen molar-refractivity contribution in [3.63, 3.8) is 0 Å². The van der Waals surface area contributed by atoms with E-state index in [4.69, 9.17) is 5.73 Å². The number of anilines is 1. The summed E-state index contributed by atoms with van der Waals surface area (Å²) in [5.41, 5.74) is 5.70. The monoisotopic (exact) mass is 358 g/mol. The third kappa shape index (κ3) is 4.37. The van der Waals surface area contributed by atoms with Gasteiger partial charge in [-0.1, -0.05) is 6.92 Å². The van der Waals surface area contributed by atoms with E-state index in [1.54, 1.807) is 6.20 Å². The molecule has 1 aliphatic rings. The highest BCUT2D eigenvalue weighted by Gasteiger charge is 2.22. The van der Waals surface area contributed by atoms with Crippen LogP contribution in [0.2, 0.25) is 0 Å². The number of hydrogen-bond donors (Lipinski definition) is 1. The third-order valence-corrected chi connectivity index (χ3v) is 4.54. The topological polar surface area (TPSA) is 45.4 Å². The Labute approximate surface area is 134 Å². The highest BCUT2D eigenvalue weighted by Crippen LogP contribution is 2.22. The molecular weight excluding hydrogens is 335 g/mol. The van der Waals surface area contributed by atoms with Crippen molar-refractivity contribution in [1.82, 2.24) is 9.88 Å². The highest BCUT2D eigenvalue weighted by molar-refractivity contribution is 9.10. The summed E-state index contributed by atoms with van der Waals surface area (Å²) in [6.45, 7) is 6.58. The fourth-order valence-corrected chi connectivity index (χ4v) is 3.30. The van der Waals surface area contributed by atoms with Gasteiger partial charge < -0.3 is 10.6 Å². The Kier molecular flexibility index (Phi) is 6.39. The maximum Gasteiger partial charge on any atom is 0.166 e. The molecule has 0 aliphatic carbocycles. The average Bonchev–Trinajstić information content (AvgIpc) is 2.70. The predicted molar refractivity (Wildman–Crippen MR) is 88.0 cm³/mol. The van der Waals surface area contributed by atoms with Crippen LogP contribution in [0.15, 0.2) is 16.7 Å². The molecule has 0 aromatic carbocycles. The van der Waals surface area contributed by atoms with Crippen molar-refractivity contribution >= 4 is 21.7 Å². The lowest BCUT2D eigenvalue weighted by Gasteiger charge is -2.29. The van der Waals surface area contributed by atoms with Crippen LogP contribution < -0.4 is 10.6 Å². The lowest BCUT2D eigenvalue weighted by Crippen LogP contribution is -2.39. The van der Waals surface area contributed by atoms with Crippen molar-refractivity contribution in [2.45, 2.75) is 32.2 Å². The first-order chi connectivity index (χ1) is 10.2. The number of aromatic nitrogens is 1. The molecule has 118 valence electrons. The molecular formula is C15H24BrFN4. The van der Waals surface area contributed by atoms with Crippen molar-refractivity contribution < 1.29 is 4.39 Å². The van der Waals surface area contributed by atoms with E-state index in [-0.39, 0.29) is 5.82 Å². The van der Waals surface area contributed by atoms with Gasteiger partial charge in [0.15, 0.2) is 11.6 Å². The molecule has 1 aliphatic heterocycles. The summed E-state index contributed by atoms with van der Waals surface area (Å²) >= 11 is 3.25. The van der Waals surface area contributed by atoms with Gasteiger partial charge >= 0.3 is 0 Å². The van der Waals surface area contributed by atoms with Crippen LogP contribution in [0.25, 0.3) is 0 Å². The Hall–Kier alpha value is -0.720. The molecule has 6 heteroatoms. The van der Waals surface area contributed by atoms with Gasteiger partial charge in [0.25, 0.3) is 0 Å². The molecule has 1 aromatic heterocycles. The molecule has 1 atom stereocenters. The van der Waals surface area contributed by atoms with E-state index in [2.05, 4.69) is 37.6 Å². The van der Waals surface area contributed by atoms with Crippen LogP contribution in [0.4, 0.5) is 10.2 Å². The van der Waals surface area contributed by atoms with E-state index in [1.165, 1.54) is 6.07 Å². The zero-order chi connectivity index (χ0) is 15.2. The molecule has 0 bridgehead atoms. The standard InChI is InChI=1S/C15H24BrFN4/c1-2-13(4-5-18)20-6-3-7-21(9-8-20)15-14(17)10-12(16)11-19-15/h10-11,13H,2-9,18H2,1H3. The van der Waals surface area contributed by atoms with Crippen molar-refractivity contribution in [3.8, 4) is 0 Å². The van der Waals surface area contributed by atoms with E-state index < -0.39 is 0 Å². The number of nitrogens with two attached hydrogens (primary N) is 1. The maximum absolute atomic E-state index is 14.0. The van der Waals surface area contributed by atoms with Gasteiger partial charge in [0.2, 0.25) is 0 Å². The van der Waals surface area contributed by atoms with E-state index in [0.717, 1.165) is 52.0 Å². The molecule has 1 fully saturated rings. The summed E-state index contributed by atoms with van der Waals surface area (Å²) in [6.07, 6.45) is 4.83. The van der Waals surface area contributed by atoms with Gasteiger partial charge in [-0.2, -0.15) is 0 Å². The first kappa shape index (κ1) is 16.6. The van der Waals surface area contributed by atoms with Crippen LogP contribution in [0.3, 0.4) is 0 Å². The molecule has 0 spiro atoms. The van der Waals surface area contributed by atoms with Gasteiger partial charge in [0.05, 0.1) is 0 Å². The Balaban J connectivity index is 2.03. The average molecular weight is 359 g/mol. The van der Waals surface area contributed by atoms with E-state index in [0.29, 0.717) is 16.3 Å². The SMILES string of the molecule is CCC(CCN)N1CCCN(c2ncc(Br)cc2F)CC1. The van der Waals surface area contributed by atoms with Gasteiger partial charge in [0, 0.05) is 42.9 Å². The van der Waals surface area contributed by atoms with Crippen molar-refractivity contribution in [3.05, 3.63) is 22.6 Å². The predicted octanol–water partition coefficient (Wildman–Crippen LogP) is 2.62. The second-order valence-electron chi connectivity index (χ2n) is 5.47. The zero-order valence-electron chi connectivity index (χ0n) is 12.6. The first-order valence-electron chi connectivity index (χ1n) is 7.65. The molecule has 2 heterocycles. The van der Waals surface area contributed by atoms with Crippen LogP contribution in [0.1, 0.15) is 26.2 Å². The number of hydrogen-bond acceptors (Lipinski definition) is 4. The smallest absolute Gasteiger partial charge is 0.166 e. The van der Waals surface area contributed by atoms with Crippen molar-refractivity contribution in [1.29, 1.82) is 0 Å². The van der Waals surface area contributed by atoms with E-state index in [1.807, 2.05) is 0 Å². The molecule has 2 rings (SSSR count). The second kappa shape index (κ2) is 8.06. The normalized spacial score (nSPS) is 18.6. The quantitative estimate of drug-likeness (QED) is 0.878. The Morgan fingerprint density at radius 1 is 1.38 bits per heavy atom. The molecule has 21 heavy (non-hydrogen) atoms. The Bertz CT molecular complexity index is 457. The summed E-state index contributed by atoms with van der Waals surface area (Å²) < 4.78 is 14.7. The summed E-state index contributed by atoms with van der Waals surface area (Å²) in [5, 5.41) is 0. The van der Waals surface area contributed by atoms with E-state index >= 15 is 0 Å². The molecule has 0 radical (unpaired) electrons. The van der Waals surface area contributed by atoms with Crippen molar-refractivity contribution in [2.75, 3.05) is 37.6 Å². The van der Waals surface area contributed by atoms with Crippen molar-refractivity contribution in [2.24, 2.45) is 5.73 Å². The minimum Gasteiger partial charge on any atom is -0.353 e. The first-order valence-corrected chi connectivity index (χ1v) is 8.45. The van der Waals surface area contributed by atoms with Gasteiger partial charge in [-0.3, -0.25) is 4.90 Å². The molecule has 0 amide bonds. The summed E-state index contributed by atoms with van der Waals surface area (Å²) in [6, 6.07) is 2.02. The Morgan fingerprint density at radius 2 is 2.19 bits per heavy atom. The zero-order valence-corrected chi connectivity index (χ0v) is 14.1. The van der Waals surface area contributed by atoms with Gasteiger partial charge in [-0.25, -0.2) is 9.37 Å².